The summed E-state index contributed by atoms with van der Waals surface area (Å²) in [6.07, 6.45) is 0. The van der Waals surface area contributed by atoms with Gasteiger partial charge in [-0.05, 0) is 5.56 Å². The van der Waals surface area contributed by atoms with Crippen LogP contribution in [-0.4, -0.2) is 11.1 Å². The van der Waals surface area contributed by atoms with Gasteiger partial charge in [-0.1, -0.05) is 0 Å². The maximum atomic E-state index is 10.2. The highest BCUT2D eigenvalue weighted by atomic mass is 16.4. The van der Waals surface area contributed by atoms with Gasteiger partial charge in [0, 0.05) is 0 Å². The second-order valence-corrected chi connectivity index (χ2v) is 1.59. The van der Waals surface area contributed by atoms with Gasteiger partial charge in [0.05, 0.1) is 0 Å². The Labute approximate surface area is 52.8 Å². The lowest BCUT2D eigenvalue weighted by Crippen LogP contribution is -1.93. The number of carbonyl (C=O) groups is 1. The van der Waals surface area contributed by atoms with Gasteiger partial charge in [-0.25, -0.2) is 4.79 Å². The molecular weight excluding hydrogens is 116 g/mol. The normalized spacial score (nSPS) is 8.89. The summed E-state index contributed by atoms with van der Waals surface area (Å²) in [6.45, 7) is 0. The number of aromatic carboxylic acids is 1. The fourth-order valence-electron chi connectivity index (χ4n) is 0.529. The molecule has 0 saturated heterocycles. The first-order valence-corrected chi connectivity index (χ1v) is 2.50. The van der Waals surface area contributed by atoms with Crippen molar-refractivity contribution in [1.82, 2.24) is 0 Å². The van der Waals surface area contributed by atoms with Crippen molar-refractivity contribution < 1.29 is 9.90 Å². The highest BCUT2D eigenvalue weighted by Gasteiger charge is 1.89. The van der Waals surface area contributed by atoms with E-state index in [4.69, 9.17) is 5.11 Å². The second-order valence-electron chi connectivity index (χ2n) is 1.59. The van der Waals surface area contributed by atoms with Gasteiger partial charge < -0.3 is 5.11 Å². The van der Waals surface area contributed by atoms with Crippen molar-refractivity contribution in [3.05, 3.63) is 35.9 Å². The smallest absolute Gasteiger partial charge is 0.311 e. The van der Waals surface area contributed by atoms with Crippen molar-refractivity contribution in [1.29, 1.82) is 0 Å². The Morgan fingerprint density at radius 3 is 2.33 bits per heavy atom. The molecule has 0 saturated carbocycles. The van der Waals surface area contributed by atoms with Crippen LogP contribution < -0.4 is 0 Å². The van der Waals surface area contributed by atoms with Crippen molar-refractivity contribution in [2.24, 2.45) is 0 Å². The Kier molecular flexibility index (Phi) is 1.49. The molecule has 1 aromatic rings. The average molecular weight is 121 g/mol. The number of benzene rings is 1. The molecular formula is C7H5O2-. The van der Waals surface area contributed by atoms with Crippen molar-refractivity contribution in [2.75, 3.05) is 0 Å². The molecule has 0 aliphatic carbocycles. The molecule has 2 heteroatoms. The third-order valence-corrected chi connectivity index (χ3v) is 0.965. The summed E-state index contributed by atoms with van der Waals surface area (Å²) in [5.41, 5.74) is 0.300. The van der Waals surface area contributed by atoms with Crippen LogP contribution in [0.3, 0.4) is 0 Å². The van der Waals surface area contributed by atoms with E-state index in [1.165, 1.54) is 12.1 Å². The summed E-state index contributed by atoms with van der Waals surface area (Å²) in [7, 11) is 0. The zero-order valence-corrected chi connectivity index (χ0v) is 4.66. The molecule has 1 N–H and O–H groups in total. The predicted molar refractivity (Wildman–Crippen MR) is 32.2 cm³/mol. The van der Waals surface area contributed by atoms with E-state index < -0.39 is 5.97 Å². The van der Waals surface area contributed by atoms with E-state index in [2.05, 4.69) is 6.07 Å². The van der Waals surface area contributed by atoms with Crippen LogP contribution in [-0.2, 0) is 0 Å². The third-order valence-electron chi connectivity index (χ3n) is 0.965. The van der Waals surface area contributed by atoms with E-state index >= 15 is 0 Å². The van der Waals surface area contributed by atoms with E-state index in [1.54, 1.807) is 12.1 Å². The first-order chi connectivity index (χ1) is 4.30. The highest BCUT2D eigenvalue weighted by molar-refractivity contribution is 5.87. The third kappa shape index (κ3) is 1.29. The Morgan fingerprint density at radius 1 is 1.44 bits per heavy atom. The van der Waals surface area contributed by atoms with E-state index in [0.717, 1.165) is 0 Å². The molecule has 0 aliphatic heterocycles. The summed E-state index contributed by atoms with van der Waals surface area (Å²) in [5, 5.41) is 8.37. The maximum absolute atomic E-state index is 10.2. The monoisotopic (exact) mass is 121 g/mol. The lowest BCUT2D eigenvalue weighted by atomic mass is 10.2. The first-order valence-electron chi connectivity index (χ1n) is 2.50. The molecule has 1 rings (SSSR count). The minimum atomic E-state index is -0.899. The molecule has 0 unspecified atom stereocenters. The van der Waals surface area contributed by atoms with Crippen LogP contribution in [0.5, 0.6) is 0 Å². The van der Waals surface area contributed by atoms with E-state index in [1.807, 2.05) is 0 Å². The number of carboxylic acid groups (broad SMARTS) is 1. The SMILES string of the molecule is O=C(O)c1cc[c-]cc1. The molecule has 2 nitrogen and oxygen atoms in total. The van der Waals surface area contributed by atoms with Gasteiger partial charge in [0.25, 0.3) is 0 Å². The minimum absolute atomic E-state index is 0.300. The van der Waals surface area contributed by atoms with Gasteiger partial charge in [-0.15, -0.1) is 0 Å². The van der Waals surface area contributed by atoms with Crippen LogP contribution in [0.4, 0.5) is 0 Å². The Morgan fingerprint density at radius 2 is 2.00 bits per heavy atom. The van der Waals surface area contributed by atoms with Gasteiger partial charge >= 0.3 is 5.97 Å². The molecule has 0 fully saturated rings. The van der Waals surface area contributed by atoms with Crippen molar-refractivity contribution in [3.8, 4) is 0 Å². The van der Waals surface area contributed by atoms with Gasteiger partial charge in [0.2, 0.25) is 0 Å². The molecule has 0 radical (unpaired) electrons. The quantitative estimate of drug-likeness (QED) is 0.566. The first kappa shape index (κ1) is 5.82. The summed E-state index contributed by atoms with van der Waals surface area (Å²) < 4.78 is 0. The van der Waals surface area contributed by atoms with Crippen molar-refractivity contribution in [3.63, 3.8) is 0 Å². The van der Waals surface area contributed by atoms with Crippen LogP contribution in [0.25, 0.3) is 0 Å². The summed E-state index contributed by atoms with van der Waals surface area (Å²) >= 11 is 0. The van der Waals surface area contributed by atoms with Crippen LogP contribution in [0.1, 0.15) is 10.4 Å². The zero-order valence-electron chi connectivity index (χ0n) is 4.66. The van der Waals surface area contributed by atoms with Crippen LogP contribution in [0.15, 0.2) is 24.3 Å². The van der Waals surface area contributed by atoms with Gasteiger partial charge in [-0.2, -0.15) is 30.3 Å². The van der Waals surface area contributed by atoms with Crippen LogP contribution >= 0.6 is 0 Å². The molecule has 9 heavy (non-hydrogen) atoms. The molecule has 46 valence electrons. The van der Waals surface area contributed by atoms with Crippen LogP contribution in [0, 0.1) is 6.07 Å². The molecule has 0 aromatic heterocycles. The van der Waals surface area contributed by atoms with E-state index in [9.17, 15) is 4.79 Å². The molecule has 0 amide bonds. The number of rotatable bonds is 1. The molecule has 1 aromatic carbocycles. The van der Waals surface area contributed by atoms with Gasteiger partial charge in [-0.3, -0.25) is 0 Å². The second kappa shape index (κ2) is 2.31. The average Bonchev–Trinajstić information content (AvgIpc) is 1.90. The Hall–Kier alpha value is -1.31. The van der Waals surface area contributed by atoms with Crippen molar-refractivity contribution >= 4 is 5.97 Å². The molecule has 0 bridgehead atoms. The number of hydrogen-bond acceptors (Lipinski definition) is 1. The molecule has 0 heterocycles. The lowest BCUT2D eigenvalue weighted by molar-refractivity contribution is 0.0697. The Balaban J connectivity index is 2.98. The highest BCUT2D eigenvalue weighted by Crippen LogP contribution is 1.95. The van der Waals surface area contributed by atoms with Gasteiger partial charge in [0.15, 0.2) is 0 Å². The molecule has 0 atom stereocenters. The standard InChI is InChI=1S/C7H5O2/c8-7(9)6-4-2-1-3-5-6/h2-5H,(H,8,9)/q-1. The molecule has 0 spiro atoms. The van der Waals surface area contributed by atoms with E-state index in [-0.39, 0.29) is 0 Å². The number of carboxylic acids is 1. The fraction of sp³-hybridized carbons (Fsp3) is 0. The van der Waals surface area contributed by atoms with Gasteiger partial charge in [0.1, 0.15) is 0 Å². The fourth-order valence-corrected chi connectivity index (χ4v) is 0.529. The summed E-state index contributed by atoms with van der Waals surface area (Å²) in [5.74, 6) is -0.899. The predicted octanol–water partition coefficient (Wildman–Crippen LogP) is 1.18. The zero-order chi connectivity index (χ0) is 6.69. The molecule has 0 aliphatic rings. The largest absolute Gasteiger partial charge is 0.479 e. The lowest BCUT2D eigenvalue weighted by Gasteiger charge is -1.96. The summed E-state index contributed by atoms with van der Waals surface area (Å²) in [4.78, 5) is 10.2. The van der Waals surface area contributed by atoms with Crippen LogP contribution in [0.2, 0.25) is 0 Å². The summed E-state index contributed by atoms with van der Waals surface area (Å²) in [6, 6.07) is 8.87. The van der Waals surface area contributed by atoms with Crippen molar-refractivity contribution in [2.45, 2.75) is 0 Å². The minimum Gasteiger partial charge on any atom is -0.479 e. The topological polar surface area (TPSA) is 37.3 Å². The Bertz CT molecular complexity index is 203. The maximum Gasteiger partial charge on any atom is 0.311 e. The number of hydrogen-bond donors (Lipinski definition) is 1. The van der Waals surface area contributed by atoms with E-state index in [0.29, 0.717) is 5.56 Å².